The zero-order chi connectivity index (χ0) is 20.5. The van der Waals surface area contributed by atoms with Gasteiger partial charge in [-0.3, -0.25) is 9.89 Å². The average molecular weight is 414 g/mol. The van der Waals surface area contributed by atoms with Gasteiger partial charge in [-0.25, -0.2) is 0 Å². The molecule has 7 nitrogen and oxygen atoms in total. The lowest BCUT2D eigenvalue weighted by Crippen LogP contribution is -2.38. The van der Waals surface area contributed by atoms with Crippen LogP contribution in [0.5, 0.6) is 5.75 Å². The van der Waals surface area contributed by atoms with E-state index in [0.717, 1.165) is 16.7 Å². The molecule has 1 aliphatic rings. The van der Waals surface area contributed by atoms with Gasteiger partial charge < -0.3 is 19.5 Å². The maximum Gasteiger partial charge on any atom is 0.273 e. The van der Waals surface area contributed by atoms with Crippen LogP contribution in [0.2, 0.25) is 5.02 Å². The molecular formula is C21H20ClN3O4. The van der Waals surface area contributed by atoms with Gasteiger partial charge in [0.05, 0.1) is 18.3 Å². The molecule has 1 amide bonds. The van der Waals surface area contributed by atoms with Crippen LogP contribution < -0.4 is 0 Å². The van der Waals surface area contributed by atoms with Crippen LogP contribution in [0.4, 0.5) is 0 Å². The van der Waals surface area contributed by atoms with Crippen LogP contribution in [0.3, 0.4) is 0 Å². The predicted octanol–water partition coefficient (Wildman–Crippen LogP) is 3.60. The number of methoxy groups -OCH3 is 2. The van der Waals surface area contributed by atoms with Crippen LogP contribution in [0.15, 0.2) is 48.5 Å². The Bertz CT molecular complexity index is 1010. The number of amides is 1. The van der Waals surface area contributed by atoms with Crippen molar-refractivity contribution in [3.63, 3.8) is 0 Å². The van der Waals surface area contributed by atoms with E-state index in [9.17, 15) is 9.90 Å². The molecular weight excluding hydrogens is 394 g/mol. The van der Waals surface area contributed by atoms with Gasteiger partial charge in [-0.2, -0.15) is 5.10 Å². The lowest BCUT2D eigenvalue weighted by atomic mass is 9.96. The number of aromatic hydroxyl groups is 1. The Balaban J connectivity index is 1.84. The first-order valence-electron chi connectivity index (χ1n) is 9.03. The quantitative estimate of drug-likeness (QED) is 0.603. The number of rotatable bonds is 6. The number of phenolic OH excluding ortho intramolecular Hbond substituents is 1. The molecule has 1 aromatic heterocycles. The van der Waals surface area contributed by atoms with Crippen LogP contribution in [0.1, 0.15) is 27.7 Å². The molecule has 8 heteroatoms. The van der Waals surface area contributed by atoms with Crippen molar-refractivity contribution in [1.29, 1.82) is 0 Å². The number of H-pyrrole nitrogens is 1. The highest BCUT2D eigenvalue weighted by Gasteiger charge is 2.43. The molecule has 2 aromatic carbocycles. The highest BCUT2D eigenvalue weighted by atomic mass is 35.5. The smallest absolute Gasteiger partial charge is 0.273 e. The van der Waals surface area contributed by atoms with Gasteiger partial charge in [0.25, 0.3) is 5.91 Å². The summed E-state index contributed by atoms with van der Waals surface area (Å²) in [4.78, 5) is 14.9. The molecule has 0 fully saturated rings. The molecule has 3 aromatic rings. The summed E-state index contributed by atoms with van der Waals surface area (Å²) >= 11 is 6.02. The third-order valence-electron chi connectivity index (χ3n) is 5.06. The van der Waals surface area contributed by atoms with E-state index in [2.05, 4.69) is 10.2 Å². The van der Waals surface area contributed by atoms with Crippen molar-refractivity contribution in [2.75, 3.05) is 20.8 Å². The number of nitrogens with zero attached hydrogens (tertiary/aromatic N) is 2. The maximum absolute atomic E-state index is 13.2. The van der Waals surface area contributed by atoms with Crippen molar-refractivity contribution < 1.29 is 19.4 Å². The van der Waals surface area contributed by atoms with E-state index in [4.69, 9.17) is 21.1 Å². The van der Waals surface area contributed by atoms with Crippen LogP contribution in [0.25, 0.3) is 11.3 Å². The highest BCUT2D eigenvalue weighted by Crippen LogP contribution is 2.43. The minimum atomic E-state index is -0.575. The van der Waals surface area contributed by atoms with Crippen LogP contribution >= 0.6 is 11.6 Å². The van der Waals surface area contributed by atoms with E-state index in [1.54, 1.807) is 41.3 Å². The van der Waals surface area contributed by atoms with Gasteiger partial charge in [0.1, 0.15) is 11.4 Å². The first-order valence-corrected chi connectivity index (χ1v) is 9.41. The monoisotopic (exact) mass is 413 g/mol. The van der Waals surface area contributed by atoms with Crippen LogP contribution in [-0.2, 0) is 9.47 Å². The Morgan fingerprint density at radius 1 is 1.14 bits per heavy atom. The van der Waals surface area contributed by atoms with E-state index in [0.29, 0.717) is 16.4 Å². The minimum absolute atomic E-state index is 0.154. The van der Waals surface area contributed by atoms with E-state index in [-0.39, 0.29) is 18.2 Å². The van der Waals surface area contributed by atoms with Gasteiger partial charge in [-0.05, 0) is 29.8 Å². The van der Waals surface area contributed by atoms with Gasteiger partial charge in [0.15, 0.2) is 6.29 Å². The summed E-state index contributed by atoms with van der Waals surface area (Å²) < 4.78 is 10.6. The second-order valence-corrected chi connectivity index (χ2v) is 7.16. The normalized spacial score (nSPS) is 15.9. The molecule has 2 heterocycles. The summed E-state index contributed by atoms with van der Waals surface area (Å²) in [5, 5.41) is 17.6. The van der Waals surface area contributed by atoms with E-state index >= 15 is 0 Å². The molecule has 1 aliphatic heterocycles. The molecule has 29 heavy (non-hydrogen) atoms. The Kier molecular flexibility index (Phi) is 5.27. The molecule has 4 rings (SSSR count). The molecule has 2 N–H and O–H groups in total. The lowest BCUT2D eigenvalue weighted by Gasteiger charge is -2.29. The van der Waals surface area contributed by atoms with E-state index in [1.807, 2.05) is 12.1 Å². The molecule has 0 saturated carbocycles. The SMILES string of the molecule is COC(CN1C(=O)c2[nH]nc(-c3ccc(Cl)cc3)c2C1c1ccc(O)cc1)OC. The second kappa shape index (κ2) is 7.87. The fraction of sp³-hybridized carbons (Fsp3) is 0.238. The Hall–Kier alpha value is -2.87. The number of hydrogen-bond donors (Lipinski definition) is 2. The average Bonchev–Trinajstić information content (AvgIpc) is 3.27. The van der Waals surface area contributed by atoms with Gasteiger partial charge in [-0.15, -0.1) is 0 Å². The van der Waals surface area contributed by atoms with Crippen molar-refractivity contribution in [3.8, 4) is 17.0 Å². The number of nitrogens with one attached hydrogen (secondary N) is 1. The molecule has 1 atom stereocenters. The first-order chi connectivity index (χ1) is 14.0. The van der Waals surface area contributed by atoms with Crippen LogP contribution in [0, 0.1) is 0 Å². The standard InChI is InChI=1S/C21H20ClN3O4/c1-28-16(29-2)11-25-20(13-5-9-15(26)10-6-13)17-18(23-24-19(17)21(25)27)12-3-7-14(22)8-4-12/h3-10,16,20,26H,11H2,1-2H3,(H,23,24). The fourth-order valence-corrected chi connectivity index (χ4v) is 3.75. The minimum Gasteiger partial charge on any atom is -0.508 e. The van der Waals surface area contributed by atoms with Gasteiger partial charge in [0.2, 0.25) is 0 Å². The topological polar surface area (TPSA) is 87.7 Å². The zero-order valence-corrected chi connectivity index (χ0v) is 16.7. The Labute approximate surface area is 172 Å². The number of hydrogen-bond acceptors (Lipinski definition) is 5. The van der Waals surface area contributed by atoms with E-state index in [1.165, 1.54) is 14.2 Å². The zero-order valence-electron chi connectivity index (χ0n) is 15.9. The number of phenols is 1. The molecule has 0 spiro atoms. The predicted molar refractivity (Wildman–Crippen MR) is 108 cm³/mol. The number of aromatic amines is 1. The summed E-state index contributed by atoms with van der Waals surface area (Å²) in [5.41, 5.74) is 3.57. The number of benzene rings is 2. The van der Waals surface area contributed by atoms with Crippen molar-refractivity contribution in [1.82, 2.24) is 15.1 Å². The number of carbonyl (C=O) groups excluding carboxylic acids is 1. The van der Waals surface area contributed by atoms with Crippen LogP contribution in [-0.4, -0.2) is 53.2 Å². The number of halogens is 1. The van der Waals surface area contributed by atoms with Crippen molar-refractivity contribution in [2.24, 2.45) is 0 Å². The Morgan fingerprint density at radius 2 is 1.79 bits per heavy atom. The maximum atomic E-state index is 13.2. The fourth-order valence-electron chi connectivity index (χ4n) is 3.62. The second-order valence-electron chi connectivity index (χ2n) is 6.72. The molecule has 0 bridgehead atoms. The molecule has 150 valence electrons. The third-order valence-corrected chi connectivity index (χ3v) is 5.31. The number of carbonyl (C=O) groups is 1. The largest absolute Gasteiger partial charge is 0.508 e. The summed E-state index contributed by atoms with van der Waals surface area (Å²) in [6.07, 6.45) is -0.575. The molecule has 1 unspecified atom stereocenters. The van der Waals surface area contributed by atoms with Crippen molar-refractivity contribution in [3.05, 3.63) is 70.4 Å². The summed E-state index contributed by atoms with van der Waals surface area (Å²) in [6, 6.07) is 13.7. The van der Waals surface area contributed by atoms with Crippen molar-refractivity contribution >= 4 is 17.5 Å². The summed E-state index contributed by atoms with van der Waals surface area (Å²) in [6.45, 7) is 0.236. The van der Waals surface area contributed by atoms with Crippen molar-refractivity contribution in [2.45, 2.75) is 12.3 Å². The third kappa shape index (κ3) is 3.48. The summed E-state index contributed by atoms with van der Waals surface area (Å²) in [7, 11) is 3.06. The number of fused-ring (bicyclic) bond motifs is 1. The first kappa shape index (κ1) is 19.4. The molecule has 0 radical (unpaired) electrons. The molecule has 0 saturated heterocycles. The highest BCUT2D eigenvalue weighted by molar-refractivity contribution is 6.30. The molecule has 0 aliphatic carbocycles. The number of ether oxygens (including phenoxy) is 2. The van der Waals surface area contributed by atoms with Gasteiger partial charge in [-0.1, -0.05) is 35.9 Å². The van der Waals surface area contributed by atoms with Gasteiger partial charge in [0, 0.05) is 30.4 Å². The number of aromatic nitrogens is 2. The van der Waals surface area contributed by atoms with Gasteiger partial charge >= 0.3 is 0 Å². The summed E-state index contributed by atoms with van der Waals surface area (Å²) in [5.74, 6) is -0.0356. The Morgan fingerprint density at radius 3 is 2.41 bits per heavy atom. The van der Waals surface area contributed by atoms with E-state index < -0.39 is 12.3 Å². The lowest BCUT2D eigenvalue weighted by molar-refractivity contribution is -0.113.